The van der Waals surface area contributed by atoms with E-state index in [0.29, 0.717) is 12.0 Å². The molecule has 1 aliphatic heterocycles. The smallest absolute Gasteiger partial charge is 0.191 e. The third-order valence-electron chi connectivity index (χ3n) is 2.36. The molecule has 1 aromatic rings. The molecule has 0 amide bonds. The van der Waals surface area contributed by atoms with Gasteiger partial charge in [0.25, 0.3) is 0 Å². The average molecular weight is 274 g/mol. The highest BCUT2D eigenvalue weighted by molar-refractivity contribution is 9.11. The highest BCUT2D eigenvalue weighted by Crippen LogP contribution is 2.32. The number of thiophene rings is 1. The van der Waals surface area contributed by atoms with Crippen molar-refractivity contribution < 1.29 is 0 Å². The summed E-state index contributed by atoms with van der Waals surface area (Å²) < 4.78 is 1.16. The Kier molecular flexibility index (Phi) is 2.78. The van der Waals surface area contributed by atoms with Gasteiger partial charge in [-0.3, -0.25) is 4.99 Å². The van der Waals surface area contributed by atoms with E-state index in [9.17, 15) is 0 Å². The number of hydrogen-bond donors (Lipinski definition) is 1. The van der Waals surface area contributed by atoms with Gasteiger partial charge in [-0.1, -0.05) is 0 Å². The number of nitrogens with zero attached hydrogens (tertiary/aromatic N) is 2. The van der Waals surface area contributed by atoms with Gasteiger partial charge in [0.2, 0.25) is 0 Å². The molecule has 0 aromatic carbocycles. The normalized spacial score (nSPS) is 21.4. The van der Waals surface area contributed by atoms with Crippen LogP contribution in [0, 0.1) is 0 Å². The van der Waals surface area contributed by atoms with Crippen molar-refractivity contribution in [3.8, 4) is 0 Å². The van der Waals surface area contributed by atoms with E-state index in [4.69, 9.17) is 5.73 Å². The van der Waals surface area contributed by atoms with E-state index in [-0.39, 0.29) is 0 Å². The first-order valence-electron chi connectivity index (χ1n) is 4.54. The molecule has 14 heavy (non-hydrogen) atoms. The van der Waals surface area contributed by atoms with Crippen LogP contribution in [0.1, 0.15) is 17.8 Å². The summed E-state index contributed by atoms with van der Waals surface area (Å²) in [6.45, 7) is 3.80. The number of likely N-dealkylation sites (N-methyl/N-ethyl adjacent to an activating group) is 1. The van der Waals surface area contributed by atoms with Crippen molar-refractivity contribution in [3.05, 3.63) is 20.8 Å². The number of guanidine groups is 1. The Hall–Kier alpha value is -0.550. The molecule has 0 fully saturated rings. The van der Waals surface area contributed by atoms with Gasteiger partial charge in [-0.05, 0) is 35.0 Å². The van der Waals surface area contributed by atoms with Crippen molar-refractivity contribution in [1.29, 1.82) is 0 Å². The van der Waals surface area contributed by atoms with Gasteiger partial charge in [0, 0.05) is 11.4 Å². The van der Waals surface area contributed by atoms with E-state index in [0.717, 1.165) is 16.9 Å². The van der Waals surface area contributed by atoms with Gasteiger partial charge in [0.1, 0.15) is 0 Å². The van der Waals surface area contributed by atoms with Crippen LogP contribution in [-0.2, 0) is 0 Å². The molecule has 0 aliphatic carbocycles. The number of hydrogen-bond acceptors (Lipinski definition) is 4. The topological polar surface area (TPSA) is 41.6 Å². The number of nitrogens with two attached hydrogens (primary N) is 1. The maximum atomic E-state index is 5.79. The van der Waals surface area contributed by atoms with Crippen LogP contribution in [-0.4, -0.2) is 23.9 Å². The molecule has 0 radical (unpaired) electrons. The monoisotopic (exact) mass is 273 g/mol. The average Bonchev–Trinajstić information content (AvgIpc) is 2.71. The molecule has 0 bridgehead atoms. The molecule has 1 atom stereocenters. The van der Waals surface area contributed by atoms with Crippen LogP contribution in [0.2, 0.25) is 0 Å². The Bertz CT molecular complexity index is 361. The fourth-order valence-electron chi connectivity index (χ4n) is 1.66. The van der Waals surface area contributed by atoms with Gasteiger partial charge in [0.15, 0.2) is 5.96 Å². The fraction of sp³-hybridized carbons (Fsp3) is 0.444. The molecule has 2 heterocycles. The zero-order valence-electron chi connectivity index (χ0n) is 7.90. The minimum Gasteiger partial charge on any atom is -0.370 e. The molecule has 5 heteroatoms. The summed E-state index contributed by atoms with van der Waals surface area (Å²) in [5, 5.41) is 0. The molecule has 1 aliphatic rings. The lowest BCUT2D eigenvalue weighted by atomic mass is 10.2. The number of halogens is 1. The fourth-order valence-corrected chi connectivity index (χ4v) is 3.19. The second-order valence-electron chi connectivity index (χ2n) is 3.14. The first-order chi connectivity index (χ1) is 6.72. The molecule has 2 rings (SSSR count). The van der Waals surface area contributed by atoms with Crippen molar-refractivity contribution in [3.63, 3.8) is 0 Å². The molecule has 1 aromatic heterocycles. The van der Waals surface area contributed by atoms with Gasteiger partial charge < -0.3 is 10.6 Å². The molecule has 2 N–H and O–H groups in total. The van der Waals surface area contributed by atoms with Crippen LogP contribution >= 0.6 is 27.3 Å². The summed E-state index contributed by atoms with van der Waals surface area (Å²) in [5.41, 5.74) is 5.79. The summed E-state index contributed by atoms with van der Waals surface area (Å²) in [6, 6.07) is 4.55. The van der Waals surface area contributed by atoms with Crippen molar-refractivity contribution in [2.75, 3.05) is 13.1 Å². The minimum atomic E-state index is 0.344. The second-order valence-corrected chi connectivity index (χ2v) is 5.64. The second kappa shape index (κ2) is 3.90. The maximum Gasteiger partial charge on any atom is 0.191 e. The third kappa shape index (κ3) is 1.66. The maximum absolute atomic E-state index is 5.79. The predicted molar refractivity (Wildman–Crippen MR) is 63.6 cm³/mol. The molecular formula is C9H12BrN3S. The van der Waals surface area contributed by atoms with Crippen LogP contribution in [0.4, 0.5) is 0 Å². The molecular weight excluding hydrogens is 262 g/mol. The lowest BCUT2D eigenvalue weighted by Gasteiger charge is -2.23. The number of rotatable bonds is 2. The molecule has 0 saturated heterocycles. The lowest BCUT2D eigenvalue weighted by molar-refractivity contribution is 0.369. The summed E-state index contributed by atoms with van der Waals surface area (Å²) >= 11 is 5.22. The van der Waals surface area contributed by atoms with E-state index >= 15 is 0 Å². The first-order valence-corrected chi connectivity index (χ1v) is 6.15. The summed E-state index contributed by atoms with van der Waals surface area (Å²) in [6.07, 6.45) is 0. The molecule has 1 unspecified atom stereocenters. The van der Waals surface area contributed by atoms with Crippen molar-refractivity contribution in [2.24, 2.45) is 10.7 Å². The summed E-state index contributed by atoms with van der Waals surface area (Å²) in [5.74, 6) is 0.669. The van der Waals surface area contributed by atoms with Crippen molar-refractivity contribution in [1.82, 2.24) is 4.90 Å². The first kappa shape index (κ1) is 9.98. The largest absolute Gasteiger partial charge is 0.370 e. The Morgan fingerprint density at radius 2 is 2.50 bits per heavy atom. The Morgan fingerprint density at radius 3 is 3.07 bits per heavy atom. The molecule has 3 nitrogen and oxygen atoms in total. The van der Waals surface area contributed by atoms with E-state index in [1.165, 1.54) is 4.88 Å². The van der Waals surface area contributed by atoms with E-state index < -0.39 is 0 Å². The SMILES string of the molecule is CCN1C(N)=NCC1c1ccc(Br)s1. The van der Waals surface area contributed by atoms with E-state index in [1.807, 2.05) is 0 Å². The molecule has 76 valence electrons. The van der Waals surface area contributed by atoms with Gasteiger partial charge in [0.05, 0.1) is 16.4 Å². The van der Waals surface area contributed by atoms with Crippen LogP contribution in [0.25, 0.3) is 0 Å². The Labute approximate surface area is 95.8 Å². The quantitative estimate of drug-likeness (QED) is 0.898. The van der Waals surface area contributed by atoms with Crippen LogP contribution in [0.5, 0.6) is 0 Å². The zero-order valence-corrected chi connectivity index (χ0v) is 10.3. The van der Waals surface area contributed by atoms with Crippen molar-refractivity contribution >= 4 is 33.2 Å². The van der Waals surface area contributed by atoms with Gasteiger partial charge in [-0.25, -0.2) is 0 Å². The van der Waals surface area contributed by atoms with Gasteiger partial charge in [-0.2, -0.15) is 0 Å². The molecule has 0 spiro atoms. The highest BCUT2D eigenvalue weighted by atomic mass is 79.9. The standard InChI is InChI=1S/C9H12BrN3S/c1-2-13-6(5-12-9(13)11)7-3-4-8(10)14-7/h3-4,6H,2,5H2,1H3,(H2,11,12). The van der Waals surface area contributed by atoms with Gasteiger partial charge >= 0.3 is 0 Å². The van der Waals surface area contributed by atoms with E-state index in [1.54, 1.807) is 11.3 Å². The van der Waals surface area contributed by atoms with Gasteiger partial charge in [-0.15, -0.1) is 11.3 Å². The number of aliphatic imine (C=N–C) groups is 1. The highest BCUT2D eigenvalue weighted by Gasteiger charge is 2.26. The minimum absolute atomic E-state index is 0.344. The van der Waals surface area contributed by atoms with Crippen LogP contribution in [0.3, 0.4) is 0 Å². The van der Waals surface area contributed by atoms with E-state index in [2.05, 4.69) is 44.9 Å². The zero-order chi connectivity index (χ0) is 10.1. The van der Waals surface area contributed by atoms with Crippen molar-refractivity contribution in [2.45, 2.75) is 13.0 Å². The molecule has 0 saturated carbocycles. The summed E-state index contributed by atoms with van der Waals surface area (Å²) in [4.78, 5) is 7.73. The van der Waals surface area contributed by atoms with Crippen LogP contribution < -0.4 is 5.73 Å². The lowest BCUT2D eigenvalue weighted by Crippen LogP contribution is -2.35. The summed E-state index contributed by atoms with van der Waals surface area (Å²) in [7, 11) is 0. The van der Waals surface area contributed by atoms with Crippen LogP contribution in [0.15, 0.2) is 20.9 Å². The predicted octanol–water partition coefficient (Wildman–Crippen LogP) is 2.20. The third-order valence-corrected chi connectivity index (χ3v) is 4.08. The Morgan fingerprint density at radius 1 is 1.71 bits per heavy atom. The Balaban J connectivity index is 2.21.